The minimum Gasteiger partial charge on any atom is -0.325 e. The number of rotatable bonds is 3. The van der Waals surface area contributed by atoms with Crippen LogP contribution in [0, 0.1) is 0 Å². The molecule has 1 aliphatic heterocycles. The maximum Gasteiger partial charge on any atom is 0.247 e. The third-order valence-electron chi connectivity index (χ3n) is 4.42. The van der Waals surface area contributed by atoms with Gasteiger partial charge in [-0.1, -0.05) is 48.5 Å². The molecular weight excluding hydrogens is 300 g/mol. The maximum absolute atomic E-state index is 12.9. The van der Waals surface area contributed by atoms with Gasteiger partial charge in [-0.15, -0.1) is 0 Å². The Labute approximate surface area is 139 Å². The van der Waals surface area contributed by atoms with E-state index < -0.39 is 6.04 Å². The number of aromatic nitrogens is 1. The molecule has 1 atom stereocenters. The molecule has 0 spiro atoms. The van der Waals surface area contributed by atoms with Gasteiger partial charge in [0, 0.05) is 12.0 Å². The van der Waals surface area contributed by atoms with Crippen LogP contribution in [0.1, 0.15) is 22.1 Å². The molecule has 0 saturated carbocycles. The molecule has 4 rings (SSSR count). The molecular formula is C20H16N2O2. The molecule has 2 heterocycles. The van der Waals surface area contributed by atoms with E-state index in [0.717, 1.165) is 28.8 Å². The fraction of sp³-hybridized carbons (Fsp3) is 0.100. The third kappa shape index (κ3) is 2.33. The summed E-state index contributed by atoms with van der Waals surface area (Å²) in [6.45, 7) is 0. The molecule has 0 aliphatic carbocycles. The van der Waals surface area contributed by atoms with E-state index in [9.17, 15) is 9.59 Å². The predicted octanol–water partition coefficient (Wildman–Crippen LogP) is 3.70. The largest absolute Gasteiger partial charge is 0.325 e. The molecule has 3 aromatic rings. The average Bonchev–Trinajstić information content (AvgIpc) is 3.00. The first-order valence-corrected chi connectivity index (χ1v) is 7.88. The van der Waals surface area contributed by atoms with Gasteiger partial charge < -0.3 is 9.88 Å². The number of carbonyl (C=O) groups excluding carboxylic acids is 2. The van der Waals surface area contributed by atoms with Crippen LogP contribution in [0.5, 0.6) is 0 Å². The highest BCUT2D eigenvalue weighted by Gasteiger charge is 2.29. The van der Waals surface area contributed by atoms with Crippen LogP contribution < -0.4 is 5.32 Å². The van der Waals surface area contributed by atoms with E-state index in [1.807, 2.05) is 65.2 Å². The van der Waals surface area contributed by atoms with Crippen LogP contribution in [0.15, 0.2) is 66.7 Å². The van der Waals surface area contributed by atoms with Crippen molar-refractivity contribution in [1.82, 2.24) is 4.57 Å². The summed E-state index contributed by atoms with van der Waals surface area (Å²) in [6, 6.07) is 20.7. The molecule has 118 valence electrons. The van der Waals surface area contributed by atoms with Crippen molar-refractivity contribution in [3.8, 4) is 11.3 Å². The van der Waals surface area contributed by atoms with E-state index in [1.54, 1.807) is 6.07 Å². The van der Waals surface area contributed by atoms with Crippen molar-refractivity contribution >= 4 is 17.9 Å². The fourth-order valence-electron chi connectivity index (χ4n) is 3.30. The Balaban J connectivity index is 1.88. The Morgan fingerprint density at radius 1 is 0.958 bits per heavy atom. The van der Waals surface area contributed by atoms with Crippen LogP contribution in [0.4, 0.5) is 5.69 Å². The molecule has 0 saturated heterocycles. The summed E-state index contributed by atoms with van der Waals surface area (Å²) >= 11 is 0. The molecule has 24 heavy (non-hydrogen) atoms. The van der Waals surface area contributed by atoms with Gasteiger partial charge in [-0.3, -0.25) is 9.59 Å². The van der Waals surface area contributed by atoms with Crippen LogP contribution in [0.25, 0.3) is 11.3 Å². The van der Waals surface area contributed by atoms with Crippen molar-refractivity contribution in [2.45, 2.75) is 12.5 Å². The molecule has 1 unspecified atom stereocenters. The van der Waals surface area contributed by atoms with Gasteiger partial charge >= 0.3 is 0 Å². The number of fused-ring (bicyclic) bond motifs is 3. The second-order valence-electron chi connectivity index (χ2n) is 5.87. The fourth-order valence-corrected chi connectivity index (χ4v) is 3.30. The zero-order chi connectivity index (χ0) is 16.5. The van der Waals surface area contributed by atoms with Crippen molar-refractivity contribution in [2.24, 2.45) is 0 Å². The molecule has 1 aromatic heterocycles. The van der Waals surface area contributed by atoms with Crippen LogP contribution in [-0.4, -0.2) is 16.8 Å². The Morgan fingerprint density at radius 2 is 1.71 bits per heavy atom. The van der Waals surface area contributed by atoms with Crippen LogP contribution in [-0.2, 0) is 11.2 Å². The Bertz CT molecular complexity index is 912. The second kappa shape index (κ2) is 5.81. The van der Waals surface area contributed by atoms with Crippen molar-refractivity contribution in [3.05, 3.63) is 78.0 Å². The predicted molar refractivity (Wildman–Crippen MR) is 93.1 cm³/mol. The van der Waals surface area contributed by atoms with Gasteiger partial charge in [-0.05, 0) is 23.8 Å². The highest BCUT2D eigenvalue weighted by molar-refractivity contribution is 6.00. The van der Waals surface area contributed by atoms with E-state index >= 15 is 0 Å². The molecule has 0 bridgehead atoms. The van der Waals surface area contributed by atoms with Gasteiger partial charge in [0.1, 0.15) is 6.04 Å². The average molecular weight is 316 g/mol. The Kier molecular flexibility index (Phi) is 3.50. The standard InChI is InChI=1S/C20H16N2O2/c23-13-15-10-11-18-16-8-4-5-9-17(16)21-20(24)19(22(15)18)12-14-6-2-1-3-7-14/h1-11,13,19H,12H2,(H,21,24). The van der Waals surface area contributed by atoms with Crippen molar-refractivity contribution in [1.29, 1.82) is 0 Å². The molecule has 1 amide bonds. The van der Waals surface area contributed by atoms with Crippen LogP contribution in [0.2, 0.25) is 0 Å². The van der Waals surface area contributed by atoms with Crippen molar-refractivity contribution in [2.75, 3.05) is 5.32 Å². The summed E-state index contributed by atoms with van der Waals surface area (Å²) in [7, 11) is 0. The molecule has 1 N–H and O–H groups in total. The van der Waals surface area contributed by atoms with Crippen LogP contribution in [0.3, 0.4) is 0 Å². The highest BCUT2D eigenvalue weighted by Crippen LogP contribution is 2.36. The van der Waals surface area contributed by atoms with Gasteiger partial charge in [-0.25, -0.2) is 0 Å². The minimum absolute atomic E-state index is 0.107. The summed E-state index contributed by atoms with van der Waals surface area (Å²) < 4.78 is 1.85. The smallest absolute Gasteiger partial charge is 0.247 e. The van der Waals surface area contributed by atoms with Gasteiger partial charge in [0.15, 0.2) is 6.29 Å². The van der Waals surface area contributed by atoms with E-state index in [0.29, 0.717) is 12.1 Å². The number of carbonyl (C=O) groups is 2. The number of nitrogens with one attached hydrogen (secondary N) is 1. The van der Waals surface area contributed by atoms with E-state index in [4.69, 9.17) is 0 Å². The van der Waals surface area contributed by atoms with Gasteiger partial charge in [0.05, 0.1) is 17.1 Å². The number of aldehydes is 1. The van der Waals surface area contributed by atoms with Gasteiger partial charge in [-0.2, -0.15) is 0 Å². The lowest BCUT2D eigenvalue weighted by Crippen LogP contribution is -2.27. The summed E-state index contributed by atoms with van der Waals surface area (Å²) in [5.74, 6) is -0.107. The van der Waals surface area contributed by atoms with Crippen molar-refractivity contribution < 1.29 is 9.59 Å². The van der Waals surface area contributed by atoms with Gasteiger partial charge in [0.25, 0.3) is 0 Å². The summed E-state index contributed by atoms with van der Waals surface area (Å²) in [6.07, 6.45) is 1.34. The molecule has 4 nitrogen and oxygen atoms in total. The number of hydrogen-bond donors (Lipinski definition) is 1. The molecule has 0 fully saturated rings. The molecule has 1 aliphatic rings. The monoisotopic (exact) mass is 316 g/mol. The summed E-state index contributed by atoms with van der Waals surface area (Å²) in [5.41, 5.74) is 4.15. The first-order valence-electron chi connectivity index (χ1n) is 7.88. The molecule has 0 radical (unpaired) electrons. The SMILES string of the molecule is O=Cc1ccc2n1C(Cc1ccccc1)C(=O)Nc1ccccc1-2. The number of anilines is 1. The van der Waals surface area contributed by atoms with E-state index in [-0.39, 0.29) is 5.91 Å². The lowest BCUT2D eigenvalue weighted by Gasteiger charge is -2.19. The second-order valence-corrected chi connectivity index (χ2v) is 5.87. The summed E-state index contributed by atoms with van der Waals surface area (Å²) in [5, 5.41) is 3.00. The maximum atomic E-state index is 12.9. The van der Waals surface area contributed by atoms with Gasteiger partial charge in [0.2, 0.25) is 5.91 Å². The van der Waals surface area contributed by atoms with Crippen LogP contribution >= 0.6 is 0 Å². The summed E-state index contributed by atoms with van der Waals surface area (Å²) in [4.78, 5) is 24.4. The lowest BCUT2D eigenvalue weighted by molar-refractivity contribution is -0.119. The van der Waals surface area contributed by atoms with E-state index in [2.05, 4.69) is 5.32 Å². The topological polar surface area (TPSA) is 51.1 Å². The highest BCUT2D eigenvalue weighted by atomic mass is 16.2. The number of benzene rings is 2. The Morgan fingerprint density at radius 3 is 2.50 bits per heavy atom. The number of amides is 1. The number of para-hydroxylation sites is 1. The van der Waals surface area contributed by atoms with Crippen molar-refractivity contribution in [3.63, 3.8) is 0 Å². The zero-order valence-corrected chi connectivity index (χ0v) is 13.0. The van der Waals surface area contributed by atoms with E-state index in [1.165, 1.54) is 0 Å². The Hall–Kier alpha value is -3.14. The zero-order valence-electron chi connectivity index (χ0n) is 13.0. The third-order valence-corrected chi connectivity index (χ3v) is 4.42. The normalized spacial score (nSPS) is 15.8. The first kappa shape index (κ1) is 14.5. The lowest BCUT2D eigenvalue weighted by atomic mass is 10.0. The number of hydrogen-bond acceptors (Lipinski definition) is 2. The first-order chi connectivity index (χ1) is 11.8. The number of nitrogens with zero attached hydrogens (tertiary/aromatic N) is 1. The quantitative estimate of drug-likeness (QED) is 0.749. The molecule has 2 aromatic carbocycles. The molecule has 4 heteroatoms. The minimum atomic E-state index is -0.468.